The molecule has 190 valence electrons. The number of pyridine rings is 1. The molecule has 5 rings (SSSR count). The molecule has 0 aliphatic heterocycles. The minimum Gasteiger partial charge on any atom is -0.485 e. The van der Waals surface area contributed by atoms with Crippen LogP contribution in [0.25, 0.3) is 5.65 Å². The van der Waals surface area contributed by atoms with E-state index in [0.29, 0.717) is 18.2 Å². The summed E-state index contributed by atoms with van der Waals surface area (Å²) in [5, 5.41) is 2.95. The molecule has 4 aromatic rings. The molecule has 0 unspecified atom stereocenters. The van der Waals surface area contributed by atoms with Gasteiger partial charge >= 0.3 is 5.97 Å². The second-order valence-corrected chi connectivity index (χ2v) is 8.71. The van der Waals surface area contributed by atoms with Crippen molar-refractivity contribution in [3.8, 4) is 5.75 Å². The molecule has 2 aromatic heterocycles. The van der Waals surface area contributed by atoms with Gasteiger partial charge in [0.15, 0.2) is 23.0 Å². The molecule has 0 radical (unpaired) electrons. The van der Waals surface area contributed by atoms with Crippen molar-refractivity contribution in [2.45, 2.75) is 26.0 Å². The third-order valence-electron chi connectivity index (χ3n) is 6.54. The summed E-state index contributed by atoms with van der Waals surface area (Å²) < 4.78 is 53.7. The van der Waals surface area contributed by atoms with Crippen LogP contribution < -0.4 is 10.1 Å². The lowest BCUT2D eigenvalue weighted by atomic mass is 10.0. The SMILES string of the molecule is COC(=O)[C@@H]1Cc2ccccc2[C@H]1NC(=O)c1c(C)nc2c(OCc3c(F)ccc(F)c3F)cccn12. The number of nitrogens with zero attached hydrogens (tertiary/aromatic N) is 2. The number of fused-ring (bicyclic) bond motifs is 2. The van der Waals surface area contributed by atoms with Gasteiger partial charge < -0.3 is 14.8 Å². The third-order valence-corrected chi connectivity index (χ3v) is 6.54. The van der Waals surface area contributed by atoms with E-state index in [2.05, 4.69) is 10.3 Å². The van der Waals surface area contributed by atoms with Crippen molar-refractivity contribution < 1.29 is 32.2 Å². The Morgan fingerprint density at radius 2 is 1.84 bits per heavy atom. The highest BCUT2D eigenvalue weighted by Crippen LogP contribution is 2.37. The van der Waals surface area contributed by atoms with E-state index in [1.165, 1.54) is 17.6 Å². The van der Waals surface area contributed by atoms with Crippen molar-refractivity contribution in [3.05, 3.63) is 100 Å². The molecule has 10 heteroatoms. The van der Waals surface area contributed by atoms with Gasteiger partial charge in [0.25, 0.3) is 5.91 Å². The molecule has 0 saturated heterocycles. The second-order valence-electron chi connectivity index (χ2n) is 8.71. The number of methoxy groups -OCH3 is 1. The largest absolute Gasteiger partial charge is 0.485 e. The van der Waals surface area contributed by atoms with Gasteiger partial charge in [-0.3, -0.25) is 14.0 Å². The van der Waals surface area contributed by atoms with Crippen LogP contribution in [-0.2, 0) is 22.6 Å². The third kappa shape index (κ3) is 4.28. The number of carbonyl (C=O) groups excluding carboxylic acids is 2. The summed E-state index contributed by atoms with van der Waals surface area (Å²) in [5.74, 6) is -4.80. The van der Waals surface area contributed by atoms with Gasteiger partial charge in [-0.05, 0) is 48.7 Å². The number of imidazole rings is 1. The van der Waals surface area contributed by atoms with Gasteiger partial charge in [-0.25, -0.2) is 18.2 Å². The molecular formula is C27H22F3N3O4. The zero-order chi connectivity index (χ0) is 26.3. The number of ether oxygens (including phenoxy) is 2. The Morgan fingerprint density at radius 1 is 1.08 bits per heavy atom. The van der Waals surface area contributed by atoms with Crippen LogP contribution >= 0.6 is 0 Å². The standard InChI is InChI=1S/C27H22F3N3O4/c1-14-24(26(34)32-23-16-7-4-3-6-15(16)12-17(23)27(35)36-2)33-11-5-8-21(25(33)31-14)37-13-18-19(28)9-10-20(29)22(18)30/h3-11,17,23H,12-13H2,1-2H3,(H,32,34)/t17-,23-/m1/s1. The molecule has 1 aliphatic carbocycles. The molecule has 0 saturated carbocycles. The van der Waals surface area contributed by atoms with Gasteiger partial charge in [-0.15, -0.1) is 0 Å². The summed E-state index contributed by atoms with van der Waals surface area (Å²) in [6.07, 6.45) is 2.03. The average molecular weight is 509 g/mol. The Kier molecular flexibility index (Phi) is 6.32. The number of hydrogen-bond acceptors (Lipinski definition) is 5. The molecule has 7 nitrogen and oxygen atoms in total. The lowest BCUT2D eigenvalue weighted by Crippen LogP contribution is -2.35. The zero-order valence-electron chi connectivity index (χ0n) is 19.9. The van der Waals surface area contributed by atoms with E-state index in [9.17, 15) is 22.8 Å². The minimum absolute atomic E-state index is 0.145. The van der Waals surface area contributed by atoms with Crippen molar-refractivity contribution in [1.29, 1.82) is 0 Å². The number of nitrogens with one attached hydrogen (secondary N) is 1. The predicted octanol–water partition coefficient (Wildman–Crippen LogP) is 4.46. The maximum atomic E-state index is 14.1. The Labute approximate surface area is 209 Å². The van der Waals surface area contributed by atoms with Crippen LogP contribution in [0, 0.1) is 30.3 Å². The normalized spacial score (nSPS) is 16.5. The highest BCUT2D eigenvalue weighted by atomic mass is 19.2. The smallest absolute Gasteiger partial charge is 0.311 e. The molecule has 0 fully saturated rings. The van der Waals surface area contributed by atoms with Crippen LogP contribution in [0.2, 0.25) is 0 Å². The quantitative estimate of drug-likeness (QED) is 0.307. The number of amides is 1. The van der Waals surface area contributed by atoms with E-state index >= 15 is 0 Å². The van der Waals surface area contributed by atoms with E-state index < -0.39 is 53.5 Å². The van der Waals surface area contributed by atoms with Gasteiger partial charge in [-0.1, -0.05) is 24.3 Å². The molecule has 2 heterocycles. The maximum absolute atomic E-state index is 14.1. The molecule has 0 bridgehead atoms. The topological polar surface area (TPSA) is 81.9 Å². The molecule has 1 amide bonds. The van der Waals surface area contributed by atoms with E-state index in [0.717, 1.165) is 17.2 Å². The second kappa shape index (κ2) is 9.61. The van der Waals surface area contributed by atoms with Crippen LogP contribution in [0.5, 0.6) is 5.75 Å². The summed E-state index contributed by atoms with van der Waals surface area (Å²) >= 11 is 0. The molecule has 2 aromatic carbocycles. The van der Waals surface area contributed by atoms with E-state index in [1.807, 2.05) is 24.3 Å². The van der Waals surface area contributed by atoms with Crippen LogP contribution in [0.15, 0.2) is 54.7 Å². The predicted molar refractivity (Wildman–Crippen MR) is 126 cm³/mol. The zero-order valence-corrected chi connectivity index (χ0v) is 19.9. The van der Waals surface area contributed by atoms with Crippen LogP contribution in [0.1, 0.15) is 38.9 Å². The first kappa shape index (κ1) is 24.4. The average Bonchev–Trinajstić information content (AvgIpc) is 3.43. The fraction of sp³-hybridized carbons (Fsp3) is 0.222. The summed E-state index contributed by atoms with van der Waals surface area (Å²) in [7, 11) is 1.31. The van der Waals surface area contributed by atoms with Gasteiger partial charge in [0.2, 0.25) is 0 Å². The van der Waals surface area contributed by atoms with Crippen molar-refractivity contribution >= 4 is 17.5 Å². The van der Waals surface area contributed by atoms with Gasteiger partial charge in [0.05, 0.1) is 30.3 Å². The molecule has 2 atom stereocenters. The highest BCUT2D eigenvalue weighted by molar-refractivity contribution is 5.95. The van der Waals surface area contributed by atoms with E-state index in [-0.39, 0.29) is 17.1 Å². The van der Waals surface area contributed by atoms with Crippen molar-refractivity contribution in [2.24, 2.45) is 5.92 Å². The molecule has 1 N–H and O–H groups in total. The highest BCUT2D eigenvalue weighted by Gasteiger charge is 2.39. The Bertz CT molecular complexity index is 1540. The Hall–Kier alpha value is -4.34. The first-order valence-electron chi connectivity index (χ1n) is 11.5. The van der Waals surface area contributed by atoms with Crippen molar-refractivity contribution in [1.82, 2.24) is 14.7 Å². The Balaban J connectivity index is 1.45. The lowest BCUT2D eigenvalue weighted by molar-refractivity contribution is -0.146. The summed E-state index contributed by atoms with van der Waals surface area (Å²) in [4.78, 5) is 30.4. The number of halogens is 3. The fourth-order valence-corrected chi connectivity index (χ4v) is 4.75. The summed E-state index contributed by atoms with van der Waals surface area (Å²) in [6.45, 7) is 1.06. The Morgan fingerprint density at radius 3 is 2.62 bits per heavy atom. The number of aromatic nitrogens is 2. The number of hydrogen-bond donors (Lipinski definition) is 1. The van der Waals surface area contributed by atoms with Crippen LogP contribution in [0.4, 0.5) is 13.2 Å². The summed E-state index contributed by atoms with van der Waals surface area (Å²) in [6, 6.07) is 11.5. The first-order valence-corrected chi connectivity index (χ1v) is 11.5. The van der Waals surface area contributed by atoms with Crippen LogP contribution in [0.3, 0.4) is 0 Å². The number of esters is 1. The molecular weight excluding hydrogens is 487 g/mol. The number of rotatable bonds is 6. The van der Waals surface area contributed by atoms with Gasteiger partial charge in [0, 0.05) is 6.20 Å². The van der Waals surface area contributed by atoms with Crippen LogP contribution in [-0.4, -0.2) is 28.4 Å². The maximum Gasteiger partial charge on any atom is 0.311 e. The first-order chi connectivity index (χ1) is 17.8. The molecule has 0 spiro atoms. The minimum atomic E-state index is -1.33. The van der Waals surface area contributed by atoms with E-state index in [1.54, 1.807) is 19.2 Å². The molecule has 37 heavy (non-hydrogen) atoms. The van der Waals surface area contributed by atoms with Gasteiger partial charge in [0.1, 0.15) is 18.1 Å². The number of aryl methyl sites for hydroxylation is 1. The fourth-order valence-electron chi connectivity index (χ4n) is 4.75. The molecule has 1 aliphatic rings. The van der Waals surface area contributed by atoms with Gasteiger partial charge in [-0.2, -0.15) is 0 Å². The van der Waals surface area contributed by atoms with Crippen molar-refractivity contribution in [2.75, 3.05) is 7.11 Å². The monoisotopic (exact) mass is 509 g/mol. The number of benzene rings is 2. The number of carbonyl (C=O) groups is 2. The lowest BCUT2D eigenvalue weighted by Gasteiger charge is -2.20. The van der Waals surface area contributed by atoms with E-state index in [4.69, 9.17) is 9.47 Å². The van der Waals surface area contributed by atoms with Crippen molar-refractivity contribution in [3.63, 3.8) is 0 Å². The summed E-state index contributed by atoms with van der Waals surface area (Å²) in [5.41, 5.74) is 2.04.